The summed E-state index contributed by atoms with van der Waals surface area (Å²) >= 11 is 0. The van der Waals surface area contributed by atoms with Crippen LogP contribution in [0, 0.1) is 0 Å². The second kappa shape index (κ2) is 9.74. The van der Waals surface area contributed by atoms with Crippen LogP contribution in [0.3, 0.4) is 0 Å². The Bertz CT molecular complexity index is 1290. The normalized spacial score (nSPS) is 19.3. The smallest absolute Gasteiger partial charge is 0.246 e. The summed E-state index contributed by atoms with van der Waals surface area (Å²) in [5.41, 5.74) is 2.50. The van der Waals surface area contributed by atoms with E-state index in [9.17, 15) is 14.4 Å². The first kappa shape index (κ1) is 22.8. The van der Waals surface area contributed by atoms with Gasteiger partial charge in [0.2, 0.25) is 17.7 Å². The number of ether oxygens (including phenoxy) is 1. The molecule has 0 spiro atoms. The number of hydrogen-bond donors (Lipinski definition) is 1. The Morgan fingerprint density at radius 2 is 1.83 bits per heavy atom. The van der Waals surface area contributed by atoms with E-state index in [2.05, 4.69) is 10.4 Å². The van der Waals surface area contributed by atoms with Gasteiger partial charge in [0.05, 0.1) is 11.6 Å². The van der Waals surface area contributed by atoms with Crippen molar-refractivity contribution in [3.05, 3.63) is 65.9 Å². The number of likely N-dealkylation sites (tertiary alicyclic amines) is 1. The molecule has 3 amide bonds. The van der Waals surface area contributed by atoms with Crippen LogP contribution in [-0.2, 0) is 21.4 Å². The Kier molecular flexibility index (Phi) is 6.35. The average molecular weight is 473 g/mol. The molecule has 1 unspecified atom stereocenters. The Hall–Kier alpha value is -3.94. The lowest BCUT2D eigenvalue weighted by Crippen LogP contribution is -2.41. The van der Waals surface area contributed by atoms with Crippen LogP contribution in [0.5, 0.6) is 5.75 Å². The summed E-state index contributed by atoms with van der Waals surface area (Å²) in [5.74, 6) is -0.272. The van der Waals surface area contributed by atoms with Gasteiger partial charge in [-0.15, -0.1) is 0 Å². The number of amides is 3. The predicted octanol–water partition coefficient (Wildman–Crippen LogP) is 3.18. The monoisotopic (exact) mass is 472 g/mol. The van der Waals surface area contributed by atoms with Crippen LogP contribution >= 0.6 is 0 Å². The molecule has 2 fully saturated rings. The molecule has 1 N–H and O–H groups in total. The predicted molar refractivity (Wildman–Crippen MR) is 132 cm³/mol. The molecule has 1 aromatic heterocycles. The van der Waals surface area contributed by atoms with Crippen molar-refractivity contribution < 1.29 is 19.1 Å². The Labute approximate surface area is 203 Å². The third-order valence-corrected chi connectivity index (χ3v) is 6.69. The van der Waals surface area contributed by atoms with E-state index in [0.717, 1.165) is 29.3 Å². The van der Waals surface area contributed by atoms with Gasteiger partial charge in [-0.1, -0.05) is 42.5 Å². The fourth-order valence-corrected chi connectivity index (χ4v) is 4.85. The molecule has 0 saturated carbocycles. The fraction of sp³-hybridized carbons (Fsp3) is 0.333. The highest BCUT2D eigenvalue weighted by Gasteiger charge is 2.32. The van der Waals surface area contributed by atoms with Gasteiger partial charge in [0.25, 0.3) is 0 Å². The molecule has 2 aliphatic rings. The number of carbonyl (C=O) groups is 3. The maximum absolute atomic E-state index is 12.6. The lowest BCUT2D eigenvalue weighted by molar-refractivity contribution is -0.134. The van der Waals surface area contributed by atoms with E-state index in [1.807, 2.05) is 66.6 Å². The van der Waals surface area contributed by atoms with E-state index in [1.165, 1.54) is 0 Å². The summed E-state index contributed by atoms with van der Waals surface area (Å²) in [4.78, 5) is 38.4. The van der Waals surface area contributed by atoms with Crippen LogP contribution in [0.15, 0.2) is 54.6 Å². The zero-order valence-corrected chi connectivity index (χ0v) is 19.6. The van der Waals surface area contributed by atoms with Crippen LogP contribution in [0.4, 0.5) is 0 Å². The number of aryl methyl sites for hydroxylation is 1. The van der Waals surface area contributed by atoms with Gasteiger partial charge in [-0.05, 0) is 24.1 Å². The first-order valence-corrected chi connectivity index (χ1v) is 12.0. The summed E-state index contributed by atoms with van der Waals surface area (Å²) in [6.07, 6.45) is 5.68. The van der Waals surface area contributed by atoms with E-state index in [4.69, 9.17) is 4.74 Å². The van der Waals surface area contributed by atoms with Crippen LogP contribution < -0.4 is 10.1 Å². The molecule has 35 heavy (non-hydrogen) atoms. The van der Waals surface area contributed by atoms with Gasteiger partial charge in [-0.3, -0.25) is 24.4 Å². The molecule has 8 nitrogen and oxygen atoms in total. The minimum absolute atomic E-state index is 0.00919. The lowest BCUT2D eigenvalue weighted by atomic mass is 9.93. The van der Waals surface area contributed by atoms with Crippen molar-refractivity contribution in [1.29, 1.82) is 0 Å². The molecule has 3 aromatic rings. The second-order valence-electron chi connectivity index (χ2n) is 9.05. The summed E-state index contributed by atoms with van der Waals surface area (Å²) < 4.78 is 8.13. The largest absolute Gasteiger partial charge is 0.488 e. The minimum Gasteiger partial charge on any atom is -0.488 e. The zero-order valence-electron chi connectivity index (χ0n) is 19.6. The number of imide groups is 1. The van der Waals surface area contributed by atoms with Gasteiger partial charge in [-0.25, -0.2) is 0 Å². The standard InChI is InChI=1S/C27H28N4O4/c1-30-26-20(25(29-30)21-11-12-23(32)28-27(21)34)8-5-9-22(26)35-19-14-16-31(17-15-19)24(33)13-10-18-6-3-2-4-7-18/h2-10,13,19,21H,11-12,14-17H2,1H3,(H,28,32,34)/b13-10+. The minimum atomic E-state index is -0.454. The molecule has 0 aliphatic carbocycles. The van der Waals surface area contributed by atoms with Crippen LogP contribution in [-0.4, -0.2) is 51.6 Å². The number of fused-ring (bicyclic) bond motifs is 1. The molecule has 1 atom stereocenters. The van der Waals surface area contributed by atoms with E-state index >= 15 is 0 Å². The summed E-state index contributed by atoms with van der Waals surface area (Å²) in [5, 5.41) is 7.90. The Morgan fingerprint density at radius 3 is 2.57 bits per heavy atom. The fourth-order valence-electron chi connectivity index (χ4n) is 4.85. The number of nitrogens with one attached hydrogen (secondary N) is 1. The average Bonchev–Trinajstić information content (AvgIpc) is 3.20. The third kappa shape index (κ3) is 4.82. The SMILES string of the molecule is Cn1nc(C2CCC(=O)NC2=O)c2cccc(OC3CCN(C(=O)/C=C/c4ccccc4)CC3)c21. The van der Waals surface area contributed by atoms with E-state index in [0.29, 0.717) is 37.4 Å². The molecule has 0 bridgehead atoms. The number of rotatable bonds is 5. The van der Waals surface area contributed by atoms with Crippen LogP contribution in [0.25, 0.3) is 17.0 Å². The summed E-state index contributed by atoms with van der Waals surface area (Å²) in [6, 6.07) is 15.5. The number of carbonyl (C=O) groups excluding carboxylic acids is 3. The molecular weight excluding hydrogens is 444 g/mol. The highest BCUT2D eigenvalue weighted by Crippen LogP contribution is 2.35. The number of para-hydroxylation sites is 1. The van der Waals surface area contributed by atoms with E-state index < -0.39 is 5.92 Å². The first-order chi connectivity index (χ1) is 17.0. The molecule has 8 heteroatoms. The van der Waals surface area contributed by atoms with Crippen LogP contribution in [0.2, 0.25) is 0 Å². The number of nitrogens with zero attached hydrogens (tertiary/aromatic N) is 3. The first-order valence-electron chi connectivity index (χ1n) is 12.0. The summed E-state index contributed by atoms with van der Waals surface area (Å²) in [6.45, 7) is 1.26. The topological polar surface area (TPSA) is 93.5 Å². The maximum Gasteiger partial charge on any atom is 0.246 e. The van der Waals surface area contributed by atoms with Crippen LogP contribution in [0.1, 0.15) is 42.9 Å². The molecule has 5 rings (SSSR count). The quantitative estimate of drug-likeness (QED) is 0.455. The van der Waals surface area contributed by atoms with Gasteiger partial charge < -0.3 is 9.64 Å². The van der Waals surface area contributed by atoms with Gasteiger partial charge in [0.15, 0.2) is 0 Å². The van der Waals surface area contributed by atoms with Gasteiger partial charge in [0, 0.05) is 50.9 Å². The Balaban J connectivity index is 1.26. The van der Waals surface area contributed by atoms with E-state index in [1.54, 1.807) is 10.8 Å². The zero-order chi connectivity index (χ0) is 24.4. The highest BCUT2D eigenvalue weighted by molar-refractivity contribution is 6.03. The second-order valence-corrected chi connectivity index (χ2v) is 9.05. The number of hydrogen-bond acceptors (Lipinski definition) is 5. The van der Waals surface area contributed by atoms with Crippen molar-refractivity contribution >= 4 is 34.7 Å². The molecule has 180 valence electrons. The molecule has 3 heterocycles. The van der Waals surface area contributed by atoms with Gasteiger partial charge in [0.1, 0.15) is 17.4 Å². The maximum atomic E-state index is 12.6. The third-order valence-electron chi connectivity index (χ3n) is 6.69. The number of benzene rings is 2. The highest BCUT2D eigenvalue weighted by atomic mass is 16.5. The van der Waals surface area contributed by atoms with Crippen molar-refractivity contribution in [3.8, 4) is 5.75 Å². The van der Waals surface area contributed by atoms with E-state index in [-0.39, 0.29) is 23.8 Å². The molecule has 2 aliphatic heterocycles. The van der Waals surface area contributed by atoms with Crippen molar-refractivity contribution in [1.82, 2.24) is 20.0 Å². The Morgan fingerprint density at radius 1 is 1.06 bits per heavy atom. The van der Waals surface area contributed by atoms with Crippen molar-refractivity contribution in [2.75, 3.05) is 13.1 Å². The van der Waals surface area contributed by atoms with Gasteiger partial charge in [-0.2, -0.15) is 5.10 Å². The van der Waals surface area contributed by atoms with Crippen molar-refractivity contribution in [2.24, 2.45) is 7.05 Å². The molecular formula is C27H28N4O4. The molecule has 0 radical (unpaired) electrons. The molecule has 2 aromatic carbocycles. The summed E-state index contributed by atoms with van der Waals surface area (Å²) in [7, 11) is 1.84. The van der Waals surface area contributed by atoms with Crippen molar-refractivity contribution in [2.45, 2.75) is 37.7 Å². The van der Waals surface area contributed by atoms with Crippen molar-refractivity contribution in [3.63, 3.8) is 0 Å². The number of piperidine rings is 2. The van der Waals surface area contributed by atoms with Gasteiger partial charge >= 0.3 is 0 Å². The molecule has 2 saturated heterocycles. The number of aromatic nitrogens is 2. The lowest BCUT2D eigenvalue weighted by Gasteiger charge is -2.31.